The van der Waals surface area contributed by atoms with Crippen molar-refractivity contribution in [3.8, 4) is 0 Å². The molecule has 9 heteroatoms. The van der Waals surface area contributed by atoms with E-state index in [4.69, 9.17) is 48.9 Å². The van der Waals surface area contributed by atoms with Crippen LogP contribution in [-0.4, -0.2) is 55.3 Å². The van der Waals surface area contributed by atoms with Gasteiger partial charge in [0.25, 0.3) is 6.01 Å². The van der Waals surface area contributed by atoms with Gasteiger partial charge in [0.1, 0.15) is 5.52 Å². The summed E-state index contributed by atoms with van der Waals surface area (Å²) in [5.41, 5.74) is 3.13. The van der Waals surface area contributed by atoms with Gasteiger partial charge in [0, 0.05) is 48.9 Å². The van der Waals surface area contributed by atoms with Crippen molar-refractivity contribution in [1.29, 1.82) is 0 Å². The lowest BCUT2D eigenvalue weighted by Gasteiger charge is -2.47. The van der Waals surface area contributed by atoms with Crippen LogP contribution >= 0.6 is 34.8 Å². The minimum atomic E-state index is -0.0974. The highest BCUT2D eigenvalue weighted by atomic mass is 35.5. The fourth-order valence-corrected chi connectivity index (χ4v) is 6.92. The van der Waals surface area contributed by atoms with Crippen molar-refractivity contribution in [2.24, 2.45) is 11.8 Å². The van der Waals surface area contributed by atoms with Gasteiger partial charge < -0.3 is 19.4 Å². The van der Waals surface area contributed by atoms with Gasteiger partial charge in [-0.05, 0) is 80.8 Å². The van der Waals surface area contributed by atoms with E-state index in [0.717, 1.165) is 49.0 Å². The predicted octanol–water partition coefficient (Wildman–Crippen LogP) is 7.29. The summed E-state index contributed by atoms with van der Waals surface area (Å²) >= 11 is 19.1. The average Bonchev–Trinajstić information content (AvgIpc) is 3.29. The third-order valence-electron chi connectivity index (χ3n) is 8.33. The monoisotopic (exact) mass is 562 g/mol. The molecule has 2 aromatic carbocycles. The fraction of sp³-hybridized carbons (Fsp3) is 0.536. The van der Waals surface area contributed by atoms with E-state index in [0.29, 0.717) is 38.6 Å². The molecule has 4 heterocycles. The lowest BCUT2D eigenvalue weighted by atomic mass is 9.80. The number of likely N-dealkylation sites (tertiary alicyclic amines) is 1. The van der Waals surface area contributed by atoms with Gasteiger partial charge in [0.05, 0.1) is 16.8 Å². The first-order chi connectivity index (χ1) is 18.0. The van der Waals surface area contributed by atoms with Crippen LogP contribution in [0.4, 0.5) is 11.7 Å². The number of aromatic nitrogens is 1. The molecule has 1 aromatic heterocycles. The van der Waals surface area contributed by atoms with Gasteiger partial charge >= 0.3 is 0 Å². The Labute approximate surface area is 233 Å². The van der Waals surface area contributed by atoms with Crippen LogP contribution in [0.15, 0.2) is 34.7 Å². The largest absolute Gasteiger partial charge is 0.421 e. The summed E-state index contributed by atoms with van der Waals surface area (Å²) in [6.45, 7) is 8.29. The lowest BCUT2D eigenvalue weighted by Crippen LogP contribution is -2.55. The fourth-order valence-electron chi connectivity index (χ4n) is 6.15. The highest BCUT2D eigenvalue weighted by molar-refractivity contribution is 6.35. The van der Waals surface area contributed by atoms with Crippen LogP contribution < -0.4 is 10.2 Å². The molecule has 0 amide bonds. The Morgan fingerprint density at radius 3 is 2.57 bits per heavy atom. The van der Waals surface area contributed by atoms with Crippen molar-refractivity contribution >= 4 is 57.6 Å². The van der Waals surface area contributed by atoms with E-state index in [1.165, 1.54) is 38.8 Å². The van der Waals surface area contributed by atoms with Crippen molar-refractivity contribution in [3.05, 3.63) is 51.0 Å². The average molecular weight is 564 g/mol. The maximum Gasteiger partial charge on any atom is 0.298 e. The first kappa shape index (κ1) is 25.6. The summed E-state index contributed by atoms with van der Waals surface area (Å²) < 4.78 is 11.9. The standard InChI is InChI=1S/C28H33Cl3N4O2/c1-17(22-5-4-20(29)13-24(22)31)32-26-23(30)6-7-25-27(26)37-28(33-25)35-15-19(16-35)18-3-2-10-34(14-18)21-8-11-36-12-9-21/h4-7,13,17-19,21,32H,2-3,8-12,14-16H2,1H3/t17-,18+/m1/s1. The number of benzene rings is 2. The zero-order chi connectivity index (χ0) is 25.5. The van der Waals surface area contributed by atoms with E-state index in [2.05, 4.69) is 15.1 Å². The molecule has 6 nitrogen and oxygen atoms in total. The predicted molar refractivity (Wildman–Crippen MR) is 151 cm³/mol. The quantitative estimate of drug-likeness (QED) is 0.340. The number of oxazole rings is 1. The highest BCUT2D eigenvalue weighted by Gasteiger charge is 2.39. The molecular formula is C28H33Cl3N4O2. The molecule has 3 fully saturated rings. The van der Waals surface area contributed by atoms with Crippen LogP contribution in [0.25, 0.3) is 11.1 Å². The highest BCUT2D eigenvalue weighted by Crippen LogP contribution is 2.40. The van der Waals surface area contributed by atoms with Gasteiger partial charge in [-0.15, -0.1) is 0 Å². The van der Waals surface area contributed by atoms with Crippen LogP contribution in [-0.2, 0) is 4.74 Å². The second-order valence-corrected chi connectivity index (χ2v) is 12.0. The molecule has 3 saturated heterocycles. The third-order valence-corrected chi connectivity index (χ3v) is 9.21. The van der Waals surface area contributed by atoms with Gasteiger partial charge in [-0.3, -0.25) is 4.90 Å². The zero-order valence-corrected chi connectivity index (χ0v) is 23.3. The number of nitrogens with one attached hydrogen (secondary N) is 1. The van der Waals surface area contributed by atoms with Crippen LogP contribution in [0, 0.1) is 11.8 Å². The number of hydrogen-bond donors (Lipinski definition) is 1. The second kappa shape index (κ2) is 10.8. The van der Waals surface area contributed by atoms with Crippen LogP contribution in [0.1, 0.15) is 44.2 Å². The summed E-state index contributed by atoms with van der Waals surface area (Å²) in [6.07, 6.45) is 4.97. The number of rotatable bonds is 6. The van der Waals surface area contributed by atoms with Crippen LogP contribution in [0.2, 0.25) is 15.1 Å². The van der Waals surface area contributed by atoms with Crippen LogP contribution in [0.5, 0.6) is 0 Å². The number of fused-ring (bicyclic) bond motifs is 1. The Morgan fingerprint density at radius 2 is 1.78 bits per heavy atom. The lowest BCUT2D eigenvalue weighted by molar-refractivity contribution is 0.00853. The zero-order valence-electron chi connectivity index (χ0n) is 21.1. The van der Waals surface area contributed by atoms with Crippen LogP contribution in [0.3, 0.4) is 0 Å². The minimum absolute atomic E-state index is 0.0974. The number of ether oxygens (including phenoxy) is 1. The molecule has 2 atom stereocenters. The molecule has 3 aliphatic heterocycles. The Morgan fingerprint density at radius 1 is 0.973 bits per heavy atom. The molecule has 1 N–H and O–H groups in total. The third kappa shape index (κ3) is 5.28. The molecule has 3 aromatic rings. The Bertz CT molecular complexity index is 1260. The maximum absolute atomic E-state index is 6.61. The summed E-state index contributed by atoms with van der Waals surface area (Å²) in [6, 6.07) is 10.6. The molecule has 3 aliphatic rings. The maximum atomic E-state index is 6.61. The van der Waals surface area contributed by atoms with E-state index < -0.39 is 0 Å². The van der Waals surface area contributed by atoms with Gasteiger partial charge in [-0.2, -0.15) is 4.98 Å². The van der Waals surface area contributed by atoms with Gasteiger partial charge in [-0.1, -0.05) is 40.9 Å². The first-order valence-electron chi connectivity index (χ1n) is 13.3. The minimum Gasteiger partial charge on any atom is -0.421 e. The normalized spacial score (nSPS) is 22.8. The molecule has 0 saturated carbocycles. The molecule has 6 rings (SSSR count). The van der Waals surface area contributed by atoms with Gasteiger partial charge in [0.15, 0.2) is 5.58 Å². The van der Waals surface area contributed by atoms with Crippen molar-refractivity contribution < 1.29 is 9.15 Å². The molecule has 0 aliphatic carbocycles. The van der Waals surface area contributed by atoms with E-state index in [1.807, 2.05) is 31.2 Å². The molecule has 198 valence electrons. The van der Waals surface area contributed by atoms with Crippen molar-refractivity contribution in [2.45, 2.75) is 44.7 Å². The van der Waals surface area contributed by atoms with Crippen molar-refractivity contribution in [1.82, 2.24) is 9.88 Å². The summed E-state index contributed by atoms with van der Waals surface area (Å²) in [5, 5.41) is 5.29. The number of piperidine rings is 1. The van der Waals surface area contributed by atoms with Gasteiger partial charge in [-0.25, -0.2) is 0 Å². The number of hydrogen-bond acceptors (Lipinski definition) is 6. The Balaban J connectivity index is 1.13. The first-order valence-corrected chi connectivity index (χ1v) is 14.5. The van der Waals surface area contributed by atoms with Gasteiger partial charge in [0.2, 0.25) is 0 Å². The van der Waals surface area contributed by atoms with Crippen molar-refractivity contribution in [2.75, 3.05) is 49.6 Å². The summed E-state index contributed by atoms with van der Waals surface area (Å²) in [7, 11) is 0. The molecular weight excluding hydrogens is 531 g/mol. The summed E-state index contributed by atoms with van der Waals surface area (Å²) in [4.78, 5) is 9.79. The smallest absolute Gasteiger partial charge is 0.298 e. The van der Waals surface area contributed by atoms with Crippen molar-refractivity contribution in [3.63, 3.8) is 0 Å². The SMILES string of the molecule is C[C@@H](Nc1c(Cl)ccc2nc(N3CC([C@H]4CCCN(C5CCOCC5)C4)C3)oc12)c1ccc(Cl)cc1Cl. The Hall–Kier alpha value is -1.70. The van der Waals surface area contributed by atoms with E-state index in [1.54, 1.807) is 6.07 Å². The number of anilines is 2. The summed E-state index contributed by atoms with van der Waals surface area (Å²) in [5.74, 6) is 1.43. The number of halogens is 3. The molecule has 0 spiro atoms. The molecule has 37 heavy (non-hydrogen) atoms. The Kier molecular flexibility index (Phi) is 7.48. The topological polar surface area (TPSA) is 53.8 Å². The molecule has 0 radical (unpaired) electrons. The molecule has 0 unspecified atom stereocenters. The number of nitrogens with zero attached hydrogens (tertiary/aromatic N) is 3. The van der Waals surface area contributed by atoms with E-state index in [-0.39, 0.29) is 6.04 Å². The van der Waals surface area contributed by atoms with E-state index >= 15 is 0 Å². The second-order valence-electron chi connectivity index (χ2n) is 10.7. The van der Waals surface area contributed by atoms with E-state index in [9.17, 15) is 0 Å². The molecule has 0 bridgehead atoms.